The highest BCUT2D eigenvalue weighted by Gasteiger charge is 2.19. The number of furan rings is 1. The number of hydrogen-bond acceptors (Lipinski definition) is 5. The van der Waals surface area contributed by atoms with Crippen LogP contribution in [0.15, 0.2) is 4.42 Å². The Labute approximate surface area is 81.5 Å². The van der Waals surface area contributed by atoms with Crippen molar-refractivity contribution in [1.82, 2.24) is 5.32 Å². The number of carbonyl (C=O) groups excluding carboxylic acids is 1. The van der Waals surface area contributed by atoms with Gasteiger partial charge in [0.25, 0.3) is 0 Å². The maximum atomic E-state index is 11.4. The van der Waals surface area contributed by atoms with Crippen LogP contribution in [0.5, 0.6) is 0 Å². The van der Waals surface area contributed by atoms with E-state index in [9.17, 15) is 4.79 Å². The van der Waals surface area contributed by atoms with Gasteiger partial charge in [-0.1, -0.05) is 0 Å². The molecular weight excluding hydrogens is 182 g/mol. The summed E-state index contributed by atoms with van der Waals surface area (Å²) in [7, 11) is 1.65. The number of likely N-dealkylation sites (N-methyl/N-ethyl adjacent to an activating group) is 1. The van der Waals surface area contributed by atoms with E-state index in [1.165, 1.54) is 0 Å². The van der Waals surface area contributed by atoms with E-state index in [1.807, 2.05) is 6.07 Å². The van der Waals surface area contributed by atoms with Crippen molar-refractivity contribution in [2.75, 3.05) is 19.3 Å². The number of Topliss-reactive ketones (excluding diaryl/α,β-unsaturated/α-hetero) is 1. The molecule has 1 heterocycles. The molecule has 0 bridgehead atoms. The molecule has 3 N–H and O–H groups in total. The standard InChI is InChI=1S/C9H11N3O2/c1-5-6(3-10)8(11)9(14-5)7(13)4-12-2/h12H,4,11H2,1-2H3. The molecule has 0 atom stereocenters. The Bertz CT molecular complexity index is 401. The van der Waals surface area contributed by atoms with Gasteiger partial charge in [0.05, 0.1) is 6.54 Å². The summed E-state index contributed by atoms with van der Waals surface area (Å²) in [5.74, 6) is 0.187. The smallest absolute Gasteiger partial charge is 0.213 e. The number of nitrogen functional groups attached to an aromatic ring is 1. The molecule has 1 aromatic rings. The van der Waals surface area contributed by atoms with E-state index < -0.39 is 0 Å². The van der Waals surface area contributed by atoms with Crippen LogP contribution in [0.4, 0.5) is 5.69 Å². The summed E-state index contributed by atoms with van der Waals surface area (Å²) < 4.78 is 5.11. The number of hydrogen-bond donors (Lipinski definition) is 2. The Morgan fingerprint density at radius 2 is 2.36 bits per heavy atom. The SMILES string of the molecule is CNCC(=O)c1oc(C)c(C#N)c1N. The molecule has 0 aliphatic carbocycles. The minimum absolute atomic E-state index is 0.0633. The van der Waals surface area contributed by atoms with Gasteiger partial charge in [-0.3, -0.25) is 4.79 Å². The molecule has 0 amide bonds. The van der Waals surface area contributed by atoms with Gasteiger partial charge < -0.3 is 15.5 Å². The van der Waals surface area contributed by atoms with Crippen LogP contribution in [0.3, 0.4) is 0 Å². The summed E-state index contributed by atoms with van der Waals surface area (Å²) in [6.07, 6.45) is 0. The van der Waals surface area contributed by atoms with Crippen molar-refractivity contribution >= 4 is 11.5 Å². The van der Waals surface area contributed by atoms with E-state index in [-0.39, 0.29) is 29.3 Å². The van der Waals surface area contributed by atoms with Crippen molar-refractivity contribution in [2.45, 2.75) is 6.92 Å². The predicted octanol–water partition coefficient (Wildman–Crippen LogP) is 0.444. The van der Waals surface area contributed by atoms with Crippen molar-refractivity contribution in [3.8, 4) is 6.07 Å². The lowest BCUT2D eigenvalue weighted by atomic mass is 10.2. The molecule has 0 unspecified atom stereocenters. The van der Waals surface area contributed by atoms with Gasteiger partial charge in [-0.2, -0.15) is 5.26 Å². The molecule has 0 aromatic carbocycles. The lowest BCUT2D eigenvalue weighted by Crippen LogP contribution is -2.18. The number of nitrogens with zero attached hydrogens (tertiary/aromatic N) is 1. The Morgan fingerprint density at radius 1 is 1.71 bits per heavy atom. The molecule has 0 aliphatic heterocycles. The zero-order chi connectivity index (χ0) is 10.7. The van der Waals surface area contributed by atoms with E-state index in [1.54, 1.807) is 14.0 Å². The second-order valence-corrected chi connectivity index (χ2v) is 2.84. The number of carbonyl (C=O) groups is 1. The van der Waals surface area contributed by atoms with Crippen molar-refractivity contribution in [3.63, 3.8) is 0 Å². The highest BCUT2D eigenvalue weighted by atomic mass is 16.3. The molecule has 0 saturated heterocycles. The molecule has 5 nitrogen and oxygen atoms in total. The number of nitriles is 1. The van der Waals surface area contributed by atoms with Crippen LogP contribution in [0.1, 0.15) is 21.9 Å². The van der Waals surface area contributed by atoms with Crippen molar-refractivity contribution < 1.29 is 9.21 Å². The summed E-state index contributed by atoms with van der Waals surface area (Å²) >= 11 is 0. The number of ketones is 1. The van der Waals surface area contributed by atoms with Gasteiger partial charge in [-0.05, 0) is 14.0 Å². The second kappa shape index (κ2) is 3.94. The zero-order valence-electron chi connectivity index (χ0n) is 8.05. The van der Waals surface area contributed by atoms with Crippen LogP contribution in [0.2, 0.25) is 0 Å². The number of rotatable bonds is 3. The fourth-order valence-electron chi connectivity index (χ4n) is 1.15. The average Bonchev–Trinajstić information content (AvgIpc) is 2.42. The summed E-state index contributed by atoms with van der Waals surface area (Å²) in [5.41, 5.74) is 5.95. The number of anilines is 1. The molecule has 0 spiro atoms. The van der Waals surface area contributed by atoms with Crippen LogP contribution in [0.25, 0.3) is 0 Å². The van der Waals surface area contributed by atoms with Gasteiger partial charge in [-0.15, -0.1) is 0 Å². The monoisotopic (exact) mass is 193 g/mol. The lowest BCUT2D eigenvalue weighted by molar-refractivity contribution is 0.0967. The molecule has 1 rings (SSSR count). The lowest BCUT2D eigenvalue weighted by Gasteiger charge is -1.95. The quantitative estimate of drug-likeness (QED) is 0.679. The number of nitrogens with one attached hydrogen (secondary N) is 1. The van der Waals surface area contributed by atoms with Gasteiger partial charge in [0.2, 0.25) is 5.78 Å². The molecule has 0 fully saturated rings. The first-order valence-corrected chi connectivity index (χ1v) is 4.08. The largest absolute Gasteiger partial charge is 0.455 e. The van der Waals surface area contributed by atoms with Crippen molar-refractivity contribution in [2.24, 2.45) is 0 Å². The first-order chi connectivity index (χ1) is 6.61. The van der Waals surface area contributed by atoms with E-state index in [0.717, 1.165) is 0 Å². The Morgan fingerprint density at radius 3 is 2.79 bits per heavy atom. The van der Waals surface area contributed by atoms with E-state index in [0.29, 0.717) is 5.76 Å². The molecule has 1 aromatic heterocycles. The average molecular weight is 193 g/mol. The van der Waals surface area contributed by atoms with Gasteiger partial charge in [0.1, 0.15) is 23.1 Å². The van der Waals surface area contributed by atoms with Crippen LogP contribution in [-0.2, 0) is 0 Å². The predicted molar refractivity (Wildman–Crippen MR) is 50.8 cm³/mol. The van der Waals surface area contributed by atoms with E-state index in [2.05, 4.69) is 5.32 Å². The maximum absolute atomic E-state index is 11.4. The highest BCUT2D eigenvalue weighted by molar-refractivity contribution is 6.00. The maximum Gasteiger partial charge on any atom is 0.213 e. The third-order valence-electron chi connectivity index (χ3n) is 1.82. The summed E-state index contributed by atoms with van der Waals surface area (Å²) in [6, 6.07) is 1.89. The van der Waals surface area contributed by atoms with Crippen LogP contribution >= 0.6 is 0 Å². The Balaban J connectivity index is 3.13. The van der Waals surface area contributed by atoms with Crippen LogP contribution in [-0.4, -0.2) is 19.4 Å². The summed E-state index contributed by atoms with van der Waals surface area (Å²) in [4.78, 5) is 11.4. The molecule has 74 valence electrons. The third-order valence-corrected chi connectivity index (χ3v) is 1.82. The first-order valence-electron chi connectivity index (χ1n) is 4.08. The fraction of sp³-hybridized carbons (Fsp3) is 0.333. The third kappa shape index (κ3) is 1.60. The van der Waals surface area contributed by atoms with Crippen LogP contribution < -0.4 is 11.1 Å². The molecule has 0 radical (unpaired) electrons. The summed E-state index contributed by atoms with van der Waals surface area (Å²) in [5, 5.41) is 11.4. The fourth-order valence-corrected chi connectivity index (χ4v) is 1.15. The molecular formula is C9H11N3O2. The van der Waals surface area contributed by atoms with Crippen molar-refractivity contribution in [3.05, 3.63) is 17.1 Å². The van der Waals surface area contributed by atoms with Gasteiger partial charge in [0.15, 0.2) is 5.76 Å². The van der Waals surface area contributed by atoms with Gasteiger partial charge in [-0.25, -0.2) is 0 Å². The molecule has 0 aliphatic rings. The van der Waals surface area contributed by atoms with E-state index >= 15 is 0 Å². The molecule has 5 heteroatoms. The Hall–Kier alpha value is -1.80. The van der Waals surface area contributed by atoms with Gasteiger partial charge >= 0.3 is 0 Å². The minimum atomic E-state index is -0.255. The second-order valence-electron chi connectivity index (χ2n) is 2.84. The normalized spacial score (nSPS) is 9.79. The number of aryl methyl sites for hydroxylation is 1. The van der Waals surface area contributed by atoms with Gasteiger partial charge in [0, 0.05) is 0 Å². The van der Waals surface area contributed by atoms with Crippen molar-refractivity contribution in [1.29, 1.82) is 5.26 Å². The van der Waals surface area contributed by atoms with E-state index in [4.69, 9.17) is 15.4 Å². The number of nitrogens with two attached hydrogens (primary N) is 1. The van der Waals surface area contributed by atoms with Crippen LogP contribution in [0, 0.1) is 18.3 Å². The zero-order valence-corrected chi connectivity index (χ0v) is 8.05. The molecule has 14 heavy (non-hydrogen) atoms. The highest BCUT2D eigenvalue weighted by Crippen LogP contribution is 2.23. The topological polar surface area (TPSA) is 92.0 Å². The minimum Gasteiger partial charge on any atom is -0.455 e. The molecule has 0 saturated carbocycles. The Kier molecular flexibility index (Phi) is 2.89. The summed E-state index contributed by atoms with van der Waals surface area (Å²) in [6.45, 7) is 1.74. The first kappa shape index (κ1) is 10.3.